The number of fused-ring (bicyclic) bond motifs is 1. The second-order valence-corrected chi connectivity index (χ2v) is 7.60. The molecule has 8 nitrogen and oxygen atoms in total. The van der Waals surface area contributed by atoms with E-state index in [0.29, 0.717) is 22.4 Å². The van der Waals surface area contributed by atoms with Gasteiger partial charge in [0.2, 0.25) is 5.65 Å². The van der Waals surface area contributed by atoms with Crippen LogP contribution in [-0.4, -0.2) is 28.6 Å². The molecule has 4 aromatic rings. The molecular weight excluding hydrogens is 409 g/mol. The molecule has 4 rings (SSSR count). The molecule has 0 aliphatic rings. The molecule has 0 fully saturated rings. The molecule has 0 bridgehead atoms. The topological polar surface area (TPSA) is 127 Å². The Morgan fingerprint density at radius 2 is 1.69 bits per heavy atom. The van der Waals surface area contributed by atoms with Gasteiger partial charge in [0, 0.05) is 23.4 Å². The van der Waals surface area contributed by atoms with E-state index in [0.717, 1.165) is 0 Å². The maximum Gasteiger partial charge on any atom is 0.264 e. The predicted molar refractivity (Wildman–Crippen MR) is 98.7 cm³/mol. The first-order valence-corrected chi connectivity index (χ1v) is 9.47. The minimum atomic E-state index is -4.47. The van der Waals surface area contributed by atoms with Crippen molar-refractivity contribution in [3.05, 3.63) is 60.0 Å². The number of rotatable bonds is 4. The van der Waals surface area contributed by atoms with Crippen molar-refractivity contribution < 1.29 is 21.6 Å². The van der Waals surface area contributed by atoms with Crippen molar-refractivity contribution in [3.8, 4) is 11.3 Å². The molecule has 0 unspecified atom stereocenters. The van der Waals surface area contributed by atoms with Crippen LogP contribution in [0.2, 0.25) is 0 Å². The van der Waals surface area contributed by atoms with E-state index in [4.69, 9.17) is 5.73 Å². The van der Waals surface area contributed by atoms with Gasteiger partial charge in [0.05, 0.1) is 11.9 Å². The Balaban J connectivity index is 1.61. The van der Waals surface area contributed by atoms with Gasteiger partial charge in [0.15, 0.2) is 17.2 Å². The lowest BCUT2D eigenvalue weighted by Gasteiger charge is -2.10. The third-order valence-corrected chi connectivity index (χ3v) is 5.38. The Morgan fingerprint density at radius 3 is 2.41 bits per heavy atom. The first-order chi connectivity index (χ1) is 13.7. The number of aromatic amines is 1. The number of hydrogen-bond acceptors (Lipinski definition) is 6. The molecule has 12 heteroatoms. The molecule has 0 aliphatic carbocycles. The molecule has 2 aromatic heterocycles. The van der Waals surface area contributed by atoms with Gasteiger partial charge >= 0.3 is 0 Å². The van der Waals surface area contributed by atoms with Crippen molar-refractivity contribution in [2.45, 2.75) is 4.90 Å². The Hall–Kier alpha value is -3.67. The summed E-state index contributed by atoms with van der Waals surface area (Å²) < 4.78 is 66.8. The molecule has 2 heterocycles. The van der Waals surface area contributed by atoms with Gasteiger partial charge in [0.25, 0.3) is 10.0 Å². The highest BCUT2D eigenvalue weighted by molar-refractivity contribution is 7.92. The molecule has 29 heavy (non-hydrogen) atoms. The van der Waals surface area contributed by atoms with Crippen LogP contribution < -0.4 is 10.5 Å². The number of hydrogen-bond donors (Lipinski definition) is 3. The molecule has 0 radical (unpaired) electrons. The van der Waals surface area contributed by atoms with E-state index in [1.807, 2.05) is 0 Å². The van der Waals surface area contributed by atoms with Gasteiger partial charge in [-0.2, -0.15) is 5.10 Å². The Morgan fingerprint density at radius 1 is 1.00 bits per heavy atom. The standard InChI is InChI=1S/C17H11F3N6O2S/c18-10-5-12(20)14(6-11(10)19)29(27,28)26-9-3-1-8(2-4-9)13-7-22-15-16(21)24-25-17(15)23-13/h1-7,26H,(H3,21,23,24,25). The summed E-state index contributed by atoms with van der Waals surface area (Å²) in [5.74, 6) is -4.08. The number of anilines is 2. The van der Waals surface area contributed by atoms with Gasteiger partial charge in [-0.25, -0.2) is 31.6 Å². The maximum absolute atomic E-state index is 13.8. The summed E-state index contributed by atoms with van der Waals surface area (Å²) in [4.78, 5) is 7.45. The molecule has 2 aromatic carbocycles. The minimum absolute atomic E-state index is 0.0796. The lowest BCUT2D eigenvalue weighted by molar-refractivity contribution is 0.482. The second kappa shape index (κ2) is 6.74. The number of H-pyrrole nitrogens is 1. The van der Waals surface area contributed by atoms with E-state index in [1.54, 1.807) is 12.1 Å². The van der Waals surface area contributed by atoms with E-state index in [-0.39, 0.29) is 23.6 Å². The summed E-state index contributed by atoms with van der Waals surface area (Å²) in [6, 6.07) is 6.34. The van der Waals surface area contributed by atoms with Gasteiger partial charge in [-0.15, -0.1) is 0 Å². The highest BCUT2D eigenvalue weighted by Crippen LogP contribution is 2.25. The predicted octanol–water partition coefficient (Wildman–Crippen LogP) is 2.82. The van der Waals surface area contributed by atoms with E-state index in [1.165, 1.54) is 18.3 Å². The highest BCUT2D eigenvalue weighted by Gasteiger charge is 2.22. The molecule has 0 aliphatic heterocycles. The number of halogens is 3. The van der Waals surface area contributed by atoms with Crippen LogP contribution in [0.1, 0.15) is 0 Å². The van der Waals surface area contributed by atoms with Crippen LogP contribution in [0.3, 0.4) is 0 Å². The molecule has 0 amide bonds. The fourth-order valence-corrected chi connectivity index (χ4v) is 3.71. The minimum Gasteiger partial charge on any atom is -0.382 e. The van der Waals surface area contributed by atoms with E-state index >= 15 is 0 Å². The van der Waals surface area contributed by atoms with Crippen LogP contribution in [-0.2, 0) is 10.0 Å². The fraction of sp³-hybridized carbons (Fsp3) is 0. The van der Waals surface area contributed by atoms with Crippen LogP contribution in [0.15, 0.2) is 47.5 Å². The Bertz CT molecular complexity index is 1340. The smallest absolute Gasteiger partial charge is 0.264 e. The summed E-state index contributed by atoms with van der Waals surface area (Å²) in [6.07, 6.45) is 1.48. The van der Waals surface area contributed by atoms with E-state index in [2.05, 4.69) is 24.9 Å². The SMILES string of the molecule is Nc1[nH]nc2nc(-c3ccc(NS(=O)(=O)c4cc(F)c(F)cc4F)cc3)cnc12. The molecular formula is C17H11F3N6O2S. The third kappa shape index (κ3) is 3.45. The van der Waals surface area contributed by atoms with Crippen LogP contribution in [0.5, 0.6) is 0 Å². The van der Waals surface area contributed by atoms with Gasteiger partial charge < -0.3 is 5.73 Å². The third-order valence-electron chi connectivity index (χ3n) is 3.99. The monoisotopic (exact) mass is 420 g/mol. The number of nitrogens with one attached hydrogen (secondary N) is 2. The van der Waals surface area contributed by atoms with Crippen molar-refractivity contribution in [1.29, 1.82) is 0 Å². The van der Waals surface area contributed by atoms with Crippen LogP contribution >= 0.6 is 0 Å². The van der Waals surface area contributed by atoms with Crippen LogP contribution in [0.4, 0.5) is 24.7 Å². The van der Waals surface area contributed by atoms with Gasteiger partial charge in [-0.1, -0.05) is 12.1 Å². The Labute approximate surface area is 161 Å². The molecule has 0 atom stereocenters. The quantitative estimate of drug-likeness (QED) is 0.436. The summed E-state index contributed by atoms with van der Waals surface area (Å²) in [5.41, 5.74) is 7.55. The molecule has 148 valence electrons. The number of benzene rings is 2. The van der Waals surface area contributed by atoms with Crippen molar-refractivity contribution in [2.24, 2.45) is 0 Å². The molecule has 0 spiro atoms. The summed E-state index contributed by atoms with van der Waals surface area (Å²) in [7, 11) is -4.47. The van der Waals surface area contributed by atoms with Crippen molar-refractivity contribution in [1.82, 2.24) is 20.2 Å². The van der Waals surface area contributed by atoms with Crippen LogP contribution in [0, 0.1) is 17.5 Å². The normalized spacial score (nSPS) is 11.7. The first kappa shape index (κ1) is 18.7. The van der Waals surface area contributed by atoms with Gasteiger partial charge in [-0.05, 0) is 12.1 Å². The lowest BCUT2D eigenvalue weighted by Crippen LogP contribution is -2.15. The number of nitrogens with zero attached hydrogens (tertiary/aromatic N) is 3. The zero-order valence-electron chi connectivity index (χ0n) is 14.3. The fourth-order valence-electron chi connectivity index (χ4n) is 2.58. The van der Waals surface area contributed by atoms with Gasteiger partial charge in [0.1, 0.15) is 16.5 Å². The molecule has 0 saturated carbocycles. The average molecular weight is 420 g/mol. The summed E-state index contributed by atoms with van der Waals surface area (Å²) >= 11 is 0. The molecule has 0 saturated heterocycles. The van der Waals surface area contributed by atoms with Crippen molar-refractivity contribution in [3.63, 3.8) is 0 Å². The largest absolute Gasteiger partial charge is 0.382 e. The van der Waals surface area contributed by atoms with Crippen LogP contribution in [0.25, 0.3) is 22.4 Å². The summed E-state index contributed by atoms with van der Waals surface area (Å²) in [6.45, 7) is 0. The highest BCUT2D eigenvalue weighted by atomic mass is 32.2. The Kier molecular flexibility index (Phi) is 4.34. The number of sulfonamides is 1. The zero-order valence-corrected chi connectivity index (χ0v) is 15.1. The lowest BCUT2D eigenvalue weighted by atomic mass is 10.1. The molecule has 4 N–H and O–H groups in total. The maximum atomic E-state index is 13.8. The second-order valence-electron chi connectivity index (χ2n) is 5.94. The number of aromatic nitrogens is 4. The summed E-state index contributed by atoms with van der Waals surface area (Å²) in [5, 5.41) is 6.48. The van der Waals surface area contributed by atoms with Crippen molar-refractivity contribution in [2.75, 3.05) is 10.5 Å². The average Bonchev–Trinajstić information content (AvgIpc) is 3.05. The van der Waals surface area contributed by atoms with E-state index < -0.39 is 32.4 Å². The number of nitrogens with two attached hydrogens (primary N) is 1. The zero-order chi connectivity index (χ0) is 20.8. The van der Waals surface area contributed by atoms with Crippen molar-refractivity contribution >= 4 is 32.7 Å². The van der Waals surface area contributed by atoms with E-state index in [9.17, 15) is 21.6 Å². The first-order valence-electron chi connectivity index (χ1n) is 7.99. The number of nitrogen functional groups attached to an aromatic ring is 1. The van der Waals surface area contributed by atoms with Gasteiger partial charge in [-0.3, -0.25) is 9.82 Å².